The van der Waals surface area contributed by atoms with Gasteiger partial charge in [0.05, 0.1) is 20.6 Å². The third-order valence-corrected chi connectivity index (χ3v) is 6.18. The molecule has 0 unspecified atom stereocenters. The van der Waals surface area contributed by atoms with E-state index in [1.807, 2.05) is 6.07 Å². The molecule has 1 aromatic rings. The Morgan fingerprint density at radius 3 is 2.20 bits per heavy atom. The van der Waals surface area contributed by atoms with Gasteiger partial charge >= 0.3 is 0 Å². The molecule has 0 aliphatic heterocycles. The van der Waals surface area contributed by atoms with E-state index in [2.05, 4.69) is 0 Å². The molecule has 0 radical (unpaired) electrons. The van der Waals surface area contributed by atoms with E-state index in [0.29, 0.717) is 16.7 Å². The van der Waals surface area contributed by atoms with Crippen molar-refractivity contribution in [3.05, 3.63) is 65.9 Å². The number of allylic oxidation sites excluding steroid dienone is 8. The van der Waals surface area contributed by atoms with Crippen molar-refractivity contribution in [3.8, 4) is 11.8 Å². The molecule has 0 saturated heterocycles. The number of phenolic OH excluding ortho intramolecular Hbond substituents is 1. The number of rotatable bonds is 6. The molecule has 30 heavy (non-hydrogen) atoms. The van der Waals surface area contributed by atoms with Crippen molar-refractivity contribution < 1.29 is 14.3 Å². The van der Waals surface area contributed by atoms with Crippen LogP contribution in [0, 0.1) is 17.1 Å². The molecule has 0 fully saturated rings. The largest absolute Gasteiger partial charge is 0.504 e. The molecular formula is C22H20Cl4FNO2. The number of aromatic hydroxyl groups is 1. The second-order valence-corrected chi connectivity index (χ2v) is 7.91. The van der Waals surface area contributed by atoms with E-state index >= 15 is 0 Å². The van der Waals surface area contributed by atoms with Gasteiger partial charge in [0, 0.05) is 17.0 Å². The van der Waals surface area contributed by atoms with E-state index in [4.69, 9.17) is 46.4 Å². The van der Waals surface area contributed by atoms with Crippen molar-refractivity contribution in [1.82, 2.24) is 0 Å². The summed E-state index contributed by atoms with van der Waals surface area (Å²) < 4.78 is 13.9. The van der Waals surface area contributed by atoms with Gasteiger partial charge in [0.15, 0.2) is 17.3 Å². The van der Waals surface area contributed by atoms with Crippen LogP contribution in [0.5, 0.6) is 5.75 Å². The summed E-state index contributed by atoms with van der Waals surface area (Å²) in [6.07, 6.45) is 3.55. The predicted octanol–water partition coefficient (Wildman–Crippen LogP) is 8.17. The Hall–Kier alpha value is -1.77. The monoisotopic (exact) mass is 489 g/mol. The third-order valence-electron chi connectivity index (χ3n) is 4.59. The fraction of sp³-hybridized carbons (Fsp3) is 0.273. The minimum Gasteiger partial charge on any atom is -0.504 e. The Morgan fingerprint density at radius 2 is 1.73 bits per heavy atom. The lowest BCUT2D eigenvalue weighted by atomic mass is 9.92. The number of carbonyl (C=O) groups is 1. The minimum absolute atomic E-state index is 0.0330. The van der Waals surface area contributed by atoms with Crippen molar-refractivity contribution in [1.29, 1.82) is 5.26 Å². The molecule has 1 aromatic carbocycles. The van der Waals surface area contributed by atoms with Crippen LogP contribution in [0.4, 0.5) is 4.39 Å². The Labute approximate surface area is 195 Å². The third kappa shape index (κ3) is 5.28. The normalized spacial score (nSPS) is 14.2. The quantitative estimate of drug-likeness (QED) is 0.144. The first-order valence-electron chi connectivity index (χ1n) is 8.85. The molecule has 8 heteroatoms. The van der Waals surface area contributed by atoms with Crippen LogP contribution in [0.3, 0.4) is 0 Å². The summed E-state index contributed by atoms with van der Waals surface area (Å²) in [6.45, 7) is 8.51. The van der Waals surface area contributed by atoms with Crippen LogP contribution in [0.2, 0.25) is 15.1 Å². The first-order chi connectivity index (χ1) is 13.9. The van der Waals surface area contributed by atoms with Crippen molar-refractivity contribution in [2.75, 3.05) is 0 Å². The zero-order valence-corrected chi connectivity index (χ0v) is 20.1. The topological polar surface area (TPSA) is 61.1 Å². The van der Waals surface area contributed by atoms with E-state index in [0.717, 1.165) is 5.57 Å². The van der Waals surface area contributed by atoms with Gasteiger partial charge in [-0.05, 0) is 56.1 Å². The molecule has 0 aromatic heterocycles. The van der Waals surface area contributed by atoms with E-state index in [1.165, 1.54) is 0 Å². The molecule has 160 valence electrons. The average Bonchev–Trinajstić information content (AvgIpc) is 2.73. The van der Waals surface area contributed by atoms with Gasteiger partial charge in [-0.3, -0.25) is 4.79 Å². The molecular weight excluding hydrogens is 471 g/mol. The number of phenols is 1. The second kappa shape index (κ2) is 11.0. The standard InChI is InChI=1S/C22H20Cl4FNO2/c1-6-10(3)13(11(4)14(9-28)16(29)7-2)8-15(23)12(5)17-18(24)20(26)21(27)22(30)19(17)25/h6,8,30H,7H2,1-5H3/b10-6-,13-8+,14-11-,15-12-. The van der Waals surface area contributed by atoms with E-state index < -0.39 is 16.6 Å². The molecule has 0 amide bonds. The highest BCUT2D eigenvalue weighted by Gasteiger charge is 2.23. The van der Waals surface area contributed by atoms with Gasteiger partial charge in [-0.1, -0.05) is 59.4 Å². The smallest absolute Gasteiger partial charge is 0.186 e. The molecule has 3 nitrogen and oxygen atoms in total. The van der Waals surface area contributed by atoms with Crippen molar-refractivity contribution >= 4 is 57.8 Å². The lowest BCUT2D eigenvalue weighted by Gasteiger charge is -2.15. The highest BCUT2D eigenvalue weighted by atomic mass is 35.5. The SMILES string of the molecule is C\C=C(C)/C(=C\C(Cl)=C(/C)c1c(Cl)c(O)c(F)c(Cl)c1Cl)C(/C)=C(/C#N)C(=O)CC. The maximum absolute atomic E-state index is 13.9. The summed E-state index contributed by atoms with van der Waals surface area (Å²) in [4.78, 5) is 12.2. The van der Waals surface area contributed by atoms with E-state index in [-0.39, 0.29) is 38.4 Å². The Kier molecular flexibility index (Phi) is 9.65. The summed E-state index contributed by atoms with van der Waals surface area (Å²) >= 11 is 24.6. The summed E-state index contributed by atoms with van der Waals surface area (Å²) in [6, 6.07) is 1.95. The summed E-state index contributed by atoms with van der Waals surface area (Å²) in [5.74, 6) is -2.26. The summed E-state index contributed by atoms with van der Waals surface area (Å²) in [5, 5.41) is 18.5. The Balaban J connectivity index is 3.88. The number of hydrogen-bond acceptors (Lipinski definition) is 3. The first-order valence-corrected chi connectivity index (χ1v) is 10.4. The van der Waals surface area contributed by atoms with Crippen LogP contribution in [0.1, 0.15) is 46.6 Å². The van der Waals surface area contributed by atoms with Gasteiger partial charge < -0.3 is 5.11 Å². The van der Waals surface area contributed by atoms with Crippen LogP contribution < -0.4 is 0 Å². The van der Waals surface area contributed by atoms with Crippen molar-refractivity contribution in [2.24, 2.45) is 0 Å². The van der Waals surface area contributed by atoms with E-state index in [1.54, 1.807) is 46.8 Å². The zero-order chi connectivity index (χ0) is 23.3. The van der Waals surface area contributed by atoms with Crippen molar-refractivity contribution in [3.63, 3.8) is 0 Å². The summed E-state index contributed by atoms with van der Waals surface area (Å²) in [7, 11) is 0. The fourth-order valence-corrected chi connectivity index (χ4v) is 3.72. The number of nitrogens with zero attached hydrogens (tertiary/aromatic N) is 1. The van der Waals surface area contributed by atoms with Gasteiger partial charge in [-0.25, -0.2) is 4.39 Å². The second-order valence-electron chi connectivity index (χ2n) is 6.37. The van der Waals surface area contributed by atoms with Crippen LogP contribution in [0.25, 0.3) is 5.57 Å². The molecule has 0 spiro atoms. The highest BCUT2D eigenvalue weighted by molar-refractivity contribution is 6.46. The van der Waals surface area contributed by atoms with Gasteiger partial charge in [0.2, 0.25) is 0 Å². The molecule has 1 N–H and O–H groups in total. The number of benzene rings is 1. The fourth-order valence-electron chi connectivity index (χ4n) is 2.64. The predicted molar refractivity (Wildman–Crippen MR) is 123 cm³/mol. The molecule has 0 bridgehead atoms. The lowest BCUT2D eigenvalue weighted by Crippen LogP contribution is -2.04. The van der Waals surface area contributed by atoms with Crippen LogP contribution in [-0.4, -0.2) is 10.9 Å². The number of hydrogen-bond donors (Lipinski definition) is 1. The highest BCUT2D eigenvalue weighted by Crippen LogP contribution is 2.45. The van der Waals surface area contributed by atoms with Gasteiger partial charge in [0.25, 0.3) is 0 Å². The molecule has 0 aliphatic rings. The number of halogens is 5. The molecule has 0 aliphatic carbocycles. The van der Waals surface area contributed by atoms with Gasteiger partial charge in [-0.15, -0.1) is 0 Å². The minimum atomic E-state index is -1.13. The number of nitriles is 1. The molecule has 1 rings (SSSR count). The van der Waals surface area contributed by atoms with Crippen LogP contribution >= 0.6 is 46.4 Å². The van der Waals surface area contributed by atoms with Crippen LogP contribution in [-0.2, 0) is 4.79 Å². The summed E-state index contributed by atoms with van der Waals surface area (Å²) in [5.41, 5.74) is 2.22. The van der Waals surface area contributed by atoms with Gasteiger partial charge in [-0.2, -0.15) is 5.26 Å². The lowest BCUT2D eigenvalue weighted by molar-refractivity contribution is -0.114. The van der Waals surface area contributed by atoms with Crippen molar-refractivity contribution in [2.45, 2.75) is 41.0 Å². The Bertz CT molecular complexity index is 1030. The molecule has 0 atom stereocenters. The maximum Gasteiger partial charge on any atom is 0.186 e. The number of ketones is 1. The first kappa shape index (κ1) is 26.3. The number of Topliss-reactive ketones (excluding diaryl/α,β-unsaturated/α-hetero) is 1. The molecule has 0 saturated carbocycles. The molecule has 0 heterocycles. The average molecular weight is 491 g/mol. The Morgan fingerprint density at radius 1 is 1.17 bits per heavy atom. The number of carbonyl (C=O) groups excluding carboxylic acids is 1. The van der Waals surface area contributed by atoms with Gasteiger partial charge in [0.1, 0.15) is 6.07 Å². The van der Waals surface area contributed by atoms with Crippen LogP contribution in [0.15, 0.2) is 39.5 Å². The van der Waals surface area contributed by atoms with E-state index in [9.17, 15) is 19.6 Å². The maximum atomic E-state index is 13.9. The zero-order valence-electron chi connectivity index (χ0n) is 17.1.